The van der Waals surface area contributed by atoms with Crippen LogP contribution in [0.25, 0.3) is 0 Å². The van der Waals surface area contributed by atoms with Crippen LogP contribution in [0.2, 0.25) is 18.1 Å². The highest BCUT2D eigenvalue weighted by Gasteiger charge is 2.40. The largest absolute Gasteiger partial charge is 0.410 e. The molecule has 0 bridgehead atoms. The molecule has 0 aromatic heterocycles. The van der Waals surface area contributed by atoms with Gasteiger partial charge in [-0.2, -0.15) is 0 Å². The molecule has 15 heavy (non-hydrogen) atoms. The van der Waals surface area contributed by atoms with E-state index in [9.17, 15) is 0 Å². The molecule has 1 aliphatic heterocycles. The van der Waals surface area contributed by atoms with Crippen molar-refractivity contribution in [2.24, 2.45) is 5.73 Å². The van der Waals surface area contributed by atoms with E-state index in [1.807, 2.05) is 0 Å². The van der Waals surface area contributed by atoms with Gasteiger partial charge in [-0.25, -0.2) is 0 Å². The second-order valence-corrected chi connectivity index (χ2v) is 10.7. The van der Waals surface area contributed by atoms with Crippen LogP contribution in [0.15, 0.2) is 0 Å². The monoisotopic (exact) mass is 231 g/mol. The van der Waals surface area contributed by atoms with Gasteiger partial charge in [0.15, 0.2) is 8.32 Å². The first-order valence-corrected chi connectivity index (χ1v) is 8.66. The summed E-state index contributed by atoms with van der Waals surface area (Å²) < 4.78 is 11.7. The molecule has 0 aromatic rings. The maximum absolute atomic E-state index is 6.24. The van der Waals surface area contributed by atoms with Crippen molar-refractivity contribution < 1.29 is 9.16 Å². The SMILES string of the molecule is CC(C)(C)[Si](C)(C)O[C@@H]1COCC[C@H]1N. The van der Waals surface area contributed by atoms with Gasteiger partial charge in [0, 0.05) is 12.6 Å². The molecule has 0 saturated carbocycles. The van der Waals surface area contributed by atoms with Crippen molar-refractivity contribution in [3.05, 3.63) is 0 Å². The summed E-state index contributed by atoms with van der Waals surface area (Å²) in [5, 5.41) is 0.240. The Kier molecular flexibility index (Phi) is 3.98. The van der Waals surface area contributed by atoms with Gasteiger partial charge in [0.1, 0.15) is 0 Å². The van der Waals surface area contributed by atoms with E-state index in [0.717, 1.165) is 13.0 Å². The molecule has 0 radical (unpaired) electrons. The van der Waals surface area contributed by atoms with E-state index in [1.165, 1.54) is 0 Å². The number of hydrogen-bond donors (Lipinski definition) is 1. The zero-order chi connectivity index (χ0) is 11.7. The van der Waals surface area contributed by atoms with Crippen molar-refractivity contribution in [1.82, 2.24) is 0 Å². The van der Waals surface area contributed by atoms with E-state index in [2.05, 4.69) is 33.9 Å². The Morgan fingerprint density at radius 3 is 2.40 bits per heavy atom. The summed E-state index contributed by atoms with van der Waals surface area (Å²) in [6.07, 6.45) is 1.01. The van der Waals surface area contributed by atoms with Crippen molar-refractivity contribution in [1.29, 1.82) is 0 Å². The third-order valence-electron chi connectivity index (χ3n) is 3.61. The van der Waals surface area contributed by atoms with Gasteiger partial charge in [0.05, 0.1) is 12.7 Å². The van der Waals surface area contributed by atoms with Crippen LogP contribution >= 0.6 is 0 Å². The minimum atomic E-state index is -1.69. The van der Waals surface area contributed by atoms with Gasteiger partial charge in [-0.15, -0.1) is 0 Å². The van der Waals surface area contributed by atoms with Gasteiger partial charge in [-0.05, 0) is 24.6 Å². The lowest BCUT2D eigenvalue weighted by atomic mass is 10.1. The molecule has 1 aliphatic rings. The fourth-order valence-corrected chi connectivity index (χ4v) is 2.76. The van der Waals surface area contributed by atoms with Crippen LogP contribution in [-0.4, -0.2) is 33.7 Å². The molecule has 1 heterocycles. The Bertz CT molecular complexity index is 213. The van der Waals surface area contributed by atoms with Gasteiger partial charge < -0.3 is 14.9 Å². The smallest absolute Gasteiger partial charge is 0.192 e. The van der Waals surface area contributed by atoms with Crippen molar-refractivity contribution >= 4 is 8.32 Å². The molecule has 4 heteroatoms. The topological polar surface area (TPSA) is 44.5 Å². The van der Waals surface area contributed by atoms with Gasteiger partial charge in [0.25, 0.3) is 0 Å². The van der Waals surface area contributed by atoms with Crippen LogP contribution in [0.1, 0.15) is 27.2 Å². The zero-order valence-corrected chi connectivity index (χ0v) is 11.7. The highest BCUT2D eigenvalue weighted by atomic mass is 28.4. The van der Waals surface area contributed by atoms with E-state index in [4.69, 9.17) is 14.9 Å². The Morgan fingerprint density at radius 2 is 1.93 bits per heavy atom. The first kappa shape index (κ1) is 13.2. The Balaban J connectivity index is 2.59. The summed E-state index contributed by atoms with van der Waals surface area (Å²) in [6, 6.07) is 0.146. The third-order valence-corrected chi connectivity index (χ3v) is 8.11. The summed E-state index contributed by atoms with van der Waals surface area (Å²) in [5.41, 5.74) is 6.05. The summed E-state index contributed by atoms with van der Waals surface area (Å²) in [7, 11) is -1.69. The molecule has 2 atom stereocenters. The van der Waals surface area contributed by atoms with Crippen molar-refractivity contribution in [3.63, 3.8) is 0 Å². The molecular formula is C11H25NO2Si. The quantitative estimate of drug-likeness (QED) is 0.740. The number of hydrogen-bond acceptors (Lipinski definition) is 3. The summed E-state index contributed by atoms with van der Waals surface area (Å²) >= 11 is 0. The molecule has 1 rings (SSSR count). The summed E-state index contributed by atoms with van der Waals surface area (Å²) in [5.74, 6) is 0. The predicted octanol–water partition coefficient (Wildman–Crippen LogP) is 2.12. The highest BCUT2D eigenvalue weighted by molar-refractivity contribution is 6.74. The van der Waals surface area contributed by atoms with Crippen molar-refractivity contribution in [3.8, 4) is 0 Å². The van der Waals surface area contributed by atoms with Crippen LogP contribution in [0.5, 0.6) is 0 Å². The maximum atomic E-state index is 6.24. The van der Waals surface area contributed by atoms with Crippen LogP contribution < -0.4 is 5.73 Å². The summed E-state index contributed by atoms with van der Waals surface area (Å²) in [4.78, 5) is 0. The highest BCUT2D eigenvalue weighted by Crippen LogP contribution is 2.37. The normalized spacial score (nSPS) is 29.2. The molecule has 0 unspecified atom stereocenters. The van der Waals surface area contributed by atoms with Gasteiger partial charge in [-0.1, -0.05) is 20.8 Å². The Labute approximate surface area is 94.5 Å². The standard InChI is InChI=1S/C11H25NO2Si/c1-11(2,3)15(4,5)14-10-8-13-7-6-9(10)12/h9-10H,6-8,12H2,1-5H3/t9-,10-/m1/s1. The zero-order valence-electron chi connectivity index (χ0n) is 10.7. The fraction of sp³-hybridized carbons (Fsp3) is 1.00. The van der Waals surface area contributed by atoms with E-state index in [-0.39, 0.29) is 17.2 Å². The first-order valence-electron chi connectivity index (χ1n) is 5.75. The lowest BCUT2D eigenvalue weighted by Crippen LogP contribution is -2.52. The molecule has 1 saturated heterocycles. The van der Waals surface area contributed by atoms with Crippen molar-refractivity contribution in [2.75, 3.05) is 13.2 Å². The molecular weight excluding hydrogens is 206 g/mol. The van der Waals surface area contributed by atoms with Crippen LogP contribution in [0.4, 0.5) is 0 Å². The molecule has 0 aromatic carbocycles. The Hall–Kier alpha value is 0.0969. The summed E-state index contributed by atoms with van der Waals surface area (Å²) in [6.45, 7) is 12.7. The average molecular weight is 231 g/mol. The average Bonchev–Trinajstić information content (AvgIpc) is 2.06. The lowest BCUT2D eigenvalue weighted by Gasteiger charge is -2.41. The predicted molar refractivity (Wildman–Crippen MR) is 65.5 cm³/mol. The minimum absolute atomic E-state index is 0.0969. The third kappa shape index (κ3) is 3.28. The molecule has 0 amide bonds. The van der Waals surface area contributed by atoms with Gasteiger partial charge in [0.2, 0.25) is 0 Å². The second-order valence-electron chi connectivity index (χ2n) is 5.94. The van der Waals surface area contributed by atoms with Crippen LogP contribution in [0, 0.1) is 0 Å². The molecule has 90 valence electrons. The molecule has 1 fully saturated rings. The molecule has 3 nitrogen and oxygen atoms in total. The molecule has 0 aliphatic carbocycles. The number of rotatable bonds is 2. The van der Waals surface area contributed by atoms with E-state index < -0.39 is 8.32 Å². The fourth-order valence-electron chi connectivity index (χ4n) is 1.41. The Morgan fingerprint density at radius 1 is 1.33 bits per heavy atom. The van der Waals surface area contributed by atoms with E-state index in [0.29, 0.717) is 6.61 Å². The second kappa shape index (κ2) is 4.53. The number of nitrogens with two attached hydrogens (primary N) is 1. The molecule has 0 spiro atoms. The lowest BCUT2D eigenvalue weighted by molar-refractivity contribution is -0.0117. The molecule has 2 N–H and O–H groups in total. The maximum Gasteiger partial charge on any atom is 0.192 e. The van der Waals surface area contributed by atoms with Gasteiger partial charge in [-0.3, -0.25) is 0 Å². The van der Waals surface area contributed by atoms with Crippen LogP contribution in [0.3, 0.4) is 0 Å². The first-order chi connectivity index (χ1) is 6.74. The number of ether oxygens (including phenoxy) is 1. The van der Waals surface area contributed by atoms with Crippen molar-refractivity contribution in [2.45, 2.75) is 57.5 Å². The van der Waals surface area contributed by atoms with E-state index >= 15 is 0 Å². The van der Waals surface area contributed by atoms with E-state index in [1.54, 1.807) is 0 Å². The van der Waals surface area contributed by atoms with Crippen LogP contribution in [-0.2, 0) is 9.16 Å². The van der Waals surface area contributed by atoms with Gasteiger partial charge >= 0.3 is 0 Å². The minimum Gasteiger partial charge on any atom is -0.410 e.